The van der Waals surface area contributed by atoms with Gasteiger partial charge in [0.1, 0.15) is 0 Å². The van der Waals surface area contributed by atoms with Crippen molar-refractivity contribution < 1.29 is 14.7 Å². The normalized spacial score (nSPS) is 11.8. The molecule has 0 aliphatic heterocycles. The highest BCUT2D eigenvalue weighted by molar-refractivity contribution is 5.96. The fraction of sp³-hybridized carbons (Fsp3) is 0.467. The molecule has 0 spiro atoms. The summed E-state index contributed by atoms with van der Waals surface area (Å²) in [4.78, 5) is 23.6. The second kappa shape index (κ2) is 9.10. The maximum Gasteiger partial charge on any atom is 0.251 e. The van der Waals surface area contributed by atoms with Crippen LogP contribution in [0.4, 0.5) is 5.69 Å². The van der Waals surface area contributed by atoms with Crippen LogP contribution in [0.25, 0.3) is 0 Å². The van der Waals surface area contributed by atoms with Crippen molar-refractivity contribution in [2.75, 3.05) is 25.0 Å². The van der Waals surface area contributed by atoms with E-state index in [2.05, 4.69) is 10.6 Å². The highest BCUT2D eigenvalue weighted by Gasteiger charge is 2.15. The summed E-state index contributed by atoms with van der Waals surface area (Å²) in [7, 11) is 0. The molecule has 6 nitrogen and oxygen atoms in total. The van der Waals surface area contributed by atoms with Crippen molar-refractivity contribution in [1.29, 1.82) is 0 Å². The van der Waals surface area contributed by atoms with Gasteiger partial charge >= 0.3 is 0 Å². The van der Waals surface area contributed by atoms with Crippen LogP contribution in [0.15, 0.2) is 24.3 Å². The number of aliphatic hydroxyl groups is 1. The molecular weight excluding hydrogens is 270 g/mol. The molecule has 0 saturated heterocycles. The van der Waals surface area contributed by atoms with E-state index >= 15 is 0 Å². The van der Waals surface area contributed by atoms with E-state index in [4.69, 9.17) is 10.8 Å². The molecule has 1 aromatic carbocycles. The van der Waals surface area contributed by atoms with E-state index in [1.807, 2.05) is 6.92 Å². The first-order valence-electron chi connectivity index (χ1n) is 7.12. The Morgan fingerprint density at radius 2 is 1.95 bits per heavy atom. The van der Waals surface area contributed by atoms with Crippen molar-refractivity contribution in [3.05, 3.63) is 29.8 Å². The van der Waals surface area contributed by atoms with Crippen LogP contribution in [-0.2, 0) is 4.79 Å². The van der Waals surface area contributed by atoms with Crippen LogP contribution in [0, 0.1) is 5.92 Å². The van der Waals surface area contributed by atoms with Gasteiger partial charge in [0.2, 0.25) is 5.91 Å². The quantitative estimate of drug-likeness (QED) is 0.567. The molecule has 2 amide bonds. The van der Waals surface area contributed by atoms with Crippen LogP contribution in [0.3, 0.4) is 0 Å². The van der Waals surface area contributed by atoms with Crippen LogP contribution in [0.1, 0.15) is 30.1 Å². The van der Waals surface area contributed by atoms with E-state index in [1.54, 1.807) is 24.3 Å². The first-order chi connectivity index (χ1) is 10.1. The number of carbonyl (C=O) groups excluding carboxylic acids is 2. The Bertz CT molecular complexity index is 460. The Labute approximate surface area is 124 Å². The average molecular weight is 293 g/mol. The molecule has 0 saturated carbocycles. The topological polar surface area (TPSA) is 104 Å². The second-order valence-electron chi connectivity index (χ2n) is 4.77. The van der Waals surface area contributed by atoms with Gasteiger partial charge < -0.3 is 21.5 Å². The molecule has 1 rings (SSSR count). The number of rotatable bonds is 8. The van der Waals surface area contributed by atoms with E-state index in [-0.39, 0.29) is 30.9 Å². The van der Waals surface area contributed by atoms with Gasteiger partial charge in [-0.25, -0.2) is 0 Å². The predicted molar refractivity (Wildman–Crippen MR) is 81.9 cm³/mol. The highest BCUT2D eigenvalue weighted by atomic mass is 16.3. The maximum atomic E-state index is 12.0. The molecule has 0 bridgehead atoms. The Hall–Kier alpha value is -1.92. The lowest BCUT2D eigenvalue weighted by molar-refractivity contribution is -0.119. The number of hydrogen-bond acceptors (Lipinski definition) is 4. The van der Waals surface area contributed by atoms with Crippen molar-refractivity contribution in [2.24, 2.45) is 11.7 Å². The molecule has 0 radical (unpaired) electrons. The van der Waals surface area contributed by atoms with Crippen molar-refractivity contribution in [2.45, 2.75) is 19.8 Å². The monoisotopic (exact) mass is 293 g/mol. The van der Waals surface area contributed by atoms with Crippen LogP contribution in [0.5, 0.6) is 0 Å². The predicted octanol–water partition coefficient (Wildman–Crippen LogP) is 0.722. The van der Waals surface area contributed by atoms with E-state index in [0.717, 1.165) is 12.8 Å². The minimum Gasteiger partial charge on any atom is -0.395 e. The number of carbonyl (C=O) groups is 2. The number of hydrogen-bond donors (Lipinski definition) is 4. The van der Waals surface area contributed by atoms with Crippen molar-refractivity contribution in [3.8, 4) is 0 Å². The van der Waals surface area contributed by atoms with Crippen molar-refractivity contribution in [3.63, 3.8) is 0 Å². The summed E-state index contributed by atoms with van der Waals surface area (Å²) < 4.78 is 0. The fourth-order valence-electron chi connectivity index (χ4n) is 1.93. The zero-order chi connectivity index (χ0) is 15.7. The Morgan fingerprint density at radius 3 is 2.48 bits per heavy atom. The minimum absolute atomic E-state index is 0.0994. The van der Waals surface area contributed by atoms with Crippen molar-refractivity contribution in [1.82, 2.24) is 5.32 Å². The third kappa shape index (κ3) is 5.53. The number of anilines is 1. The average Bonchev–Trinajstić information content (AvgIpc) is 2.50. The van der Waals surface area contributed by atoms with Gasteiger partial charge in [-0.1, -0.05) is 13.3 Å². The van der Waals surface area contributed by atoms with E-state index in [9.17, 15) is 9.59 Å². The number of amides is 2. The highest BCUT2D eigenvalue weighted by Crippen LogP contribution is 2.13. The zero-order valence-electron chi connectivity index (χ0n) is 12.3. The van der Waals surface area contributed by atoms with Crippen LogP contribution < -0.4 is 16.4 Å². The lowest BCUT2D eigenvalue weighted by Gasteiger charge is -2.14. The van der Waals surface area contributed by atoms with Gasteiger partial charge in [-0.05, 0) is 30.7 Å². The molecule has 1 unspecified atom stereocenters. The van der Waals surface area contributed by atoms with Gasteiger partial charge in [-0.3, -0.25) is 9.59 Å². The molecule has 1 atom stereocenters. The third-order valence-electron chi connectivity index (χ3n) is 3.10. The summed E-state index contributed by atoms with van der Waals surface area (Å²) in [5.74, 6) is -0.549. The number of aliphatic hydroxyl groups excluding tert-OH is 1. The molecule has 21 heavy (non-hydrogen) atoms. The molecule has 0 aliphatic carbocycles. The maximum absolute atomic E-state index is 12.0. The minimum atomic E-state index is -0.257. The Morgan fingerprint density at radius 1 is 1.29 bits per heavy atom. The van der Waals surface area contributed by atoms with Crippen LogP contribution in [0.2, 0.25) is 0 Å². The second-order valence-corrected chi connectivity index (χ2v) is 4.77. The lowest BCUT2D eigenvalue weighted by atomic mass is 10.0. The van der Waals surface area contributed by atoms with Gasteiger partial charge in [0, 0.05) is 24.3 Å². The van der Waals surface area contributed by atoms with E-state index in [1.165, 1.54) is 0 Å². The Kier molecular flexibility index (Phi) is 7.42. The first-order valence-corrected chi connectivity index (χ1v) is 7.12. The molecule has 116 valence electrons. The largest absolute Gasteiger partial charge is 0.395 e. The fourth-order valence-corrected chi connectivity index (χ4v) is 1.93. The van der Waals surface area contributed by atoms with E-state index in [0.29, 0.717) is 17.8 Å². The molecule has 5 N–H and O–H groups in total. The molecule has 1 aromatic rings. The van der Waals surface area contributed by atoms with E-state index < -0.39 is 0 Å². The summed E-state index contributed by atoms with van der Waals surface area (Å²) in [6.07, 6.45) is 1.66. The first kappa shape index (κ1) is 17.1. The summed E-state index contributed by atoms with van der Waals surface area (Å²) in [6.45, 7) is 2.45. The molecule has 0 heterocycles. The molecule has 0 aliphatic rings. The lowest BCUT2D eigenvalue weighted by Crippen LogP contribution is -2.29. The van der Waals surface area contributed by atoms with Gasteiger partial charge in [0.25, 0.3) is 5.91 Å². The standard InChI is InChI=1S/C15H23N3O3/c1-2-3-12(10-16)15(21)18-13-6-4-11(5-7-13)14(20)17-8-9-19/h4-7,12,19H,2-3,8-10,16H2,1H3,(H,17,20)(H,18,21). The van der Waals surface area contributed by atoms with Gasteiger partial charge in [-0.2, -0.15) is 0 Å². The summed E-state index contributed by atoms with van der Waals surface area (Å²) in [5.41, 5.74) is 6.70. The molecule has 6 heteroatoms. The number of nitrogens with one attached hydrogen (secondary N) is 2. The van der Waals surface area contributed by atoms with Crippen LogP contribution >= 0.6 is 0 Å². The SMILES string of the molecule is CCCC(CN)C(=O)Nc1ccc(C(=O)NCCO)cc1. The smallest absolute Gasteiger partial charge is 0.251 e. The van der Waals surface area contributed by atoms with Gasteiger partial charge in [0.15, 0.2) is 0 Å². The van der Waals surface area contributed by atoms with Gasteiger partial charge in [0.05, 0.1) is 12.5 Å². The summed E-state index contributed by atoms with van der Waals surface area (Å²) in [6, 6.07) is 6.59. The van der Waals surface area contributed by atoms with Crippen LogP contribution in [-0.4, -0.2) is 36.6 Å². The molecular formula is C15H23N3O3. The molecule has 0 fully saturated rings. The van der Waals surface area contributed by atoms with Crippen molar-refractivity contribution >= 4 is 17.5 Å². The van der Waals surface area contributed by atoms with Gasteiger partial charge in [-0.15, -0.1) is 0 Å². The summed E-state index contributed by atoms with van der Waals surface area (Å²) in [5, 5.41) is 14.0. The zero-order valence-corrected chi connectivity index (χ0v) is 12.3. The third-order valence-corrected chi connectivity index (χ3v) is 3.10. The molecule has 0 aromatic heterocycles. The number of nitrogens with two attached hydrogens (primary N) is 1. The summed E-state index contributed by atoms with van der Waals surface area (Å²) >= 11 is 0. The Balaban J connectivity index is 2.61. The number of benzene rings is 1.